The third kappa shape index (κ3) is 5.50. The number of fused-ring (bicyclic) bond motifs is 1. The quantitative estimate of drug-likeness (QED) is 0.250. The van der Waals surface area contributed by atoms with Crippen molar-refractivity contribution in [3.05, 3.63) is 93.2 Å². The van der Waals surface area contributed by atoms with Gasteiger partial charge in [0, 0.05) is 30.0 Å². The van der Waals surface area contributed by atoms with E-state index in [1.54, 1.807) is 29.6 Å². The van der Waals surface area contributed by atoms with Crippen molar-refractivity contribution >= 4 is 28.3 Å². The second-order valence-electron chi connectivity index (χ2n) is 9.42. The second-order valence-corrected chi connectivity index (χ2v) is 10.4. The molecule has 1 fully saturated rings. The number of aromatic nitrogens is 4. The number of pyridine rings is 1. The fraction of sp³-hybridized carbons (Fsp3) is 0.207. The van der Waals surface area contributed by atoms with E-state index in [-0.39, 0.29) is 47.4 Å². The molecule has 9 nitrogen and oxygen atoms in total. The molecule has 3 aromatic heterocycles. The maximum absolute atomic E-state index is 15.4. The minimum atomic E-state index is -1.07. The largest absolute Gasteiger partial charge is 0.478 e. The van der Waals surface area contributed by atoms with Crippen LogP contribution in [-0.2, 0) is 24.3 Å². The summed E-state index contributed by atoms with van der Waals surface area (Å²) in [5, 5.41) is 20.6. The number of hydrogen-bond acceptors (Lipinski definition) is 8. The van der Waals surface area contributed by atoms with E-state index in [0.29, 0.717) is 40.7 Å². The molecule has 1 atom stereocenters. The molecule has 5 aromatic rings. The Bertz CT molecular complexity index is 1830. The molecule has 0 spiro atoms. The van der Waals surface area contributed by atoms with Crippen molar-refractivity contribution in [1.82, 2.24) is 19.5 Å². The summed E-state index contributed by atoms with van der Waals surface area (Å²) in [7, 11) is 0. The average Bonchev–Trinajstić information content (AvgIpc) is 3.55. The number of halogens is 2. The molecular weight excluding hydrogens is 552 g/mol. The second kappa shape index (κ2) is 11.0. The number of nitrogens with zero attached hydrogens (tertiary/aromatic N) is 5. The Morgan fingerprint density at radius 3 is 2.76 bits per heavy atom. The molecule has 0 radical (unpaired) electrons. The van der Waals surface area contributed by atoms with Crippen LogP contribution in [0.15, 0.2) is 53.9 Å². The summed E-state index contributed by atoms with van der Waals surface area (Å²) in [5.74, 6) is -1.69. The first-order chi connectivity index (χ1) is 19.9. The summed E-state index contributed by atoms with van der Waals surface area (Å²) in [6, 6.07) is 13.6. The molecule has 0 saturated carbocycles. The molecule has 1 N–H and O–H groups in total. The van der Waals surface area contributed by atoms with Crippen LogP contribution >= 0.6 is 11.3 Å². The summed E-state index contributed by atoms with van der Waals surface area (Å²) in [6.07, 6.45) is 0.769. The van der Waals surface area contributed by atoms with Crippen molar-refractivity contribution in [2.45, 2.75) is 32.1 Å². The first-order valence-corrected chi connectivity index (χ1v) is 13.5. The van der Waals surface area contributed by atoms with Crippen LogP contribution in [0.25, 0.3) is 22.3 Å². The van der Waals surface area contributed by atoms with Gasteiger partial charge in [-0.25, -0.2) is 28.5 Å². The Morgan fingerprint density at radius 1 is 1.17 bits per heavy atom. The topological polar surface area (TPSA) is 123 Å². The predicted octanol–water partition coefficient (Wildman–Crippen LogP) is 5.36. The lowest BCUT2D eigenvalue weighted by Crippen LogP contribution is -2.31. The van der Waals surface area contributed by atoms with Gasteiger partial charge in [-0.15, -0.1) is 11.3 Å². The first-order valence-electron chi connectivity index (χ1n) is 12.6. The number of aromatic carboxylic acids is 1. The molecular formula is C29H21F2N5O4S. The summed E-state index contributed by atoms with van der Waals surface area (Å²) >= 11 is 1.28. The SMILES string of the molecule is N#Cc1csc(COc2cccc(-c3cc(F)c(Cc4nc5ccc(C(=O)O)cc5n4C[C@@H]4CCO4)cc3F)n2)n1. The molecule has 0 bridgehead atoms. The van der Waals surface area contributed by atoms with Crippen LogP contribution in [0, 0.1) is 23.0 Å². The lowest BCUT2D eigenvalue weighted by atomic mass is 10.0. The third-order valence-electron chi connectivity index (χ3n) is 6.75. The minimum absolute atomic E-state index is 0.0120. The standard InChI is InChI=1S/C29H21F2N5O4S/c30-21-11-20(23-2-1-3-27(35-23)40-14-28-33-18(12-32)15-41-28)22(31)8-17(21)10-26-34-24-5-4-16(29(37)38)9-25(24)36(26)13-19-6-7-39-19/h1-5,8-9,11,15,19H,6-7,10,13-14H2,(H,37,38)/t19-/m0/s1. The van der Waals surface area contributed by atoms with Crippen molar-refractivity contribution in [2.24, 2.45) is 0 Å². The van der Waals surface area contributed by atoms with Gasteiger partial charge in [0.2, 0.25) is 5.88 Å². The van der Waals surface area contributed by atoms with Crippen LogP contribution in [-0.4, -0.2) is 43.3 Å². The van der Waals surface area contributed by atoms with E-state index in [0.717, 1.165) is 18.6 Å². The van der Waals surface area contributed by atoms with Crippen LogP contribution in [0.4, 0.5) is 8.78 Å². The average molecular weight is 574 g/mol. The van der Waals surface area contributed by atoms with Gasteiger partial charge >= 0.3 is 5.97 Å². The third-order valence-corrected chi connectivity index (χ3v) is 7.57. The van der Waals surface area contributed by atoms with Crippen LogP contribution in [0.5, 0.6) is 5.88 Å². The zero-order valence-corrected chi connectivity index (χ0v) is 22.2. The van der Waals surface area contributed by atoms with E-state index < -0.39 is 17.6 Å². The van der Waals surface area contributed by atoms with Crippen LogP contribution in [0.1, 0.15) is 38.9 Å². The number of rotatable bonds is 9. The predicted molar refractivity (Wildman–Crippen MR) is 145 cm³/mol. The molecule has 41 heavy (non-hydrogen) atoms. The lowest BCUT2D eigenvalue weighted by molar-refractivity contribution is -0.0589. The highest BCUT2D eigenvalue weighted by Gasteiger charge is 2.23. The van der Waals surface area contributed by atoms with Crippen LogP contribution in [0.2, 0.25) is 0 Å². The van der Waals surface area contributed by atoms with Gasteiger partial charge in [-0.2, -0.15) is 5.26 Å². The number of ether oxygens (including phenoxy) is 2. The van der Waals surface area contributed by atoms with Gasteiger partial charge in [-0.3, -0.25) is 0 Å². The number of nitriles is 1. The number of benzene rings is 2. The van der Waals surface area contributed by atoms with Crippen molar-refractivity contribution in [1.29, 1.82) is 5.26 Å². The molecule has 1 aliphatic rings. The molecule has 0 amide bonds. The molecule has 1 aliphatic heterocycles. The van der Waals surface area contributed by atoms with Crippen molar-refractivity contribution in [2.75, 3.05) is 6.61 Å². The van der Waals surface area contributed by atoms with Crippen LogP contribution < -0.4 is 4.74 Å². The lowest BCUT2D eigenvalue weighted by Gasteiger charge is -2.27. The molecule has 0 aliphatic carbocycles. The fourth-order valence-electron chi connectivity index (χ4n) is 4.58. The maximum Gasteiger partial charge on any atom is 0.335 e. The number of carboxylic acid groups (broad SMARTS) is 1. The summed E-state index contributed by atoms with van der Waals surface area (Å²) < 4.78 is 43.8. The highest BCUT2D eigenvalue weighted by atomic mass is 32.1. The highest BCUT2D eigenvalue weighted by molar-refractivity contribution is 7.09. The Balaban J connectivity index is 1.27. The number of carboxylic acids is 1. The molecule has 12 heteroatoms. The van der Waals surface area contributed by atoms with E-state index in [4.69, 9.17) is 14.7 Å². The number of carbonyl (C=O) groups is 1. The van der Waals surface area contributed by atoms with E-state index in [1.807, 2.05) is 10.6 Å². The maximum atomic E-state index is 15.4. The Labute approximate surface area is 236 Å². The van der Waals surface area contributed by atoms with E-state index in [1.165, 1.54) is 23.5 Å². The van der Waals surface area contributed by atoms with Crippen molar-refractivity contribution in [3.8, 4) is 23.2 Å². The van der Waals surface area contributed by atoms with Gasteiger partial charge in [-0.05, 0) is 48.4 Å². The fourth-order valence-corrected chi connectivity index (χ4v) is 5.21. The summed E-state index contributed by atoms with van der Waals surface area (Å²) in [6.45, 7) is 1.15. The number of thiazole rings is 1. The molecule has 4 heterocycles. The van der Waals surface area contributed by atoms with E-state index in [9.17, 15) is 9.90 Å². The summed E-state index contributed by atoms with van der Waals surface area (Å²) in [5.41, 5.74) is 1.82. The highest BCUT2D eigenvalue weighted by Crippen LogP contribution is 2.29. The Morgan fingerprint density at radius 2 is 2.02 bits per heavy atom. The smallest absolute Gasteiger partial charge is 0.335 e. The van der Waals surface area contributed by atoms with E-state index >= 15 is 8.78 Å². The van der Waals surface area contributed by atoms with Gasteiger partial charge in [0.1, 0.15) is 35.1 Å². The normalized spacial score (nSPS) is 14.5. The minimum Gasteiger partial charge on any atom is -0.478 e. The number of hydrogen-bond donors (Lipinski definition) is 1. The van der Waals surface area contributed by atoms with Gasteiger partial charge < -0.3 is 19.1 Å². The Kier molecular flexibility index (Phi) is 7.13. The van der Waals surface area contributed by atoms with Crippen molar-refractivity contribution in [3.63, 3.8) is 0 Å². The van der Waals surface area contributed by atoms with Gasteiger partial charge in [-0.1, -0.05) is 6.07 Å². The molecule has 1 saturated heterocycles. The molecule has 206 valence electrons. The molecule has 0 unspecified atom stereocenters. The van der Waals surface area contributed by atoms with Crippen molar-refractivity contribution < 1.29 is 28.2 Å². The van der Waals surface area contributed by atoms with E-state index in [2.05, 4.69) is 15.0 Å². The molecule has 6 rings (SSSR count). The van der Waals surface area contributed by atoms with Gasteiger partial charge in [0.25, 0.3) is 0 Å². The van der Waals surface area contributed by atoms with Gasteiger partial charge in [0.15, 0.2) is 5.69 Å². The first kappa shape index (κ1) is 26.5. The molecule has 2 aromatic carbocycles. The zero-order valence-electron chi connectivity index (χ0n) is 21.4. The zero-order chi connectivity index (χ0) is 28.5. The van der Waals surface area contributed by atoms with Gasteiger partial charge in [0.05, 0.1) is 34.9 Å². The van der Waals surface area contributed by atoms with Crippen LogP contribution in [0.3, 0.4) is 0 Å². The number of imidazole rings is 1. The monoisotopic (exact) mass is 573 g/mol. The summed E-state index contributed by atoms with van der Waals surface area (Å²) in [4.78, 5) is 24.6. The Hall–Kier alpha value is -4.73.